The van der Waals surface area contributed by atoms with Crippen molar-refractivity contribution in [3.05, 3.63) is 11.1 Å². The van der Waals surface area contributed by atoms with Crippen LogP contribution < -0.4 is 0 Å². The van der Waals surface area contributed by atoms with Gasteiger partial charge in [-0.1, -0.05) is 41.5 Å². The van der Waals surface area contributed by atoms with Gasteiger partial charge >= 0.3 is 5.97 Å². The number of Topliss-reactive ketones (excluding diaryl/α,β-unsaturated/α-hetero) is 3. The van der Waals surface area contributed by atoms with E-state index in [4.69, 9.17) is 0 Å². The Bertz CT molecular complexity index is 1070. The van der Waals surface area contributed by atoms with Crippen LogP contribution in [-0.2, 0) is 19.2 Å². The Kier molecular flexibility index (Phi) is 6.72. The second-order valence-electron chi connectivity index (χ2n) is 13.9. The fourth-order valence-electron chi connectivity index (χ4n) is 9.12. The van der Waals surface area contributed by atoms with E-state index in [1.165, 1.54) is 6.92 Å². The number of aliphatic carboxylic acids is 1. The molecule has 0 saturated heterocycles. The molecule has 0 heterocycles. The van der Waals surface area contributed by atoms with E-state index in [0.717, 1.165) is 0 Å². The highest BCUT2D eigenvalue weighted by Gasteiger charge is 2.70. The van der Waals surface area contributed by atoms with Crippen LogP contribution in [-0.4, -0.2) is 50.8 Å². The fourth-order valence-corrected chi connectivity index (χ4v) is 9.12. The molecule has 0 bridgehead atoms. The van der Waals surface area contributed by atoms with Crippen LogP contribution in [0.1, 0.15) is 93.4 Å². The van der Waals surface area contributed by atoms with E-state index in [0.29, 0.717) is 30.4 Å². The average molecular weight is 517 g/mol. The Labute approximate surface area is 220 Å². The maximum absolute atomic E-state index is 14.1. The van der Waals surface area contributed by atoms with Crippen LogP contribution in [0.4, 0.5) is 0 Å². The number of fused-ring (bicyclic) bond motifs is 4. The summed E-state index contributed by atoms with van der Waals surface area (Å²) in [5.41, 5.74) is -1.55. The van der Waals surface area contributed by atoms with Gasteiger partial charge in [0, 0.05) is 31.3 Å². The molecule has 9 unspecified atom stereocenters. The van der Waals surface area contributed by atoms with Gasteiger partial charge in [0.15, 0.2) is 5.78 Å². The largest absolute Gasteiger partial charge is 0.481 e. The van der Waals surface area contributed by atoms with Crippen molar-refractivity contribution in [1.29, 1.82) is 0 Å². The second-order valence-corrected chi connectivity index (χ2v) is 13.9. The monoisotopic (exact) mass is 516 g/mol. The molecule has 3 N–H and O–H groups in total. The normalized spacial score (nSPS) is 42.5. The summed E-state index contributed by atoms with van der Waals surface area (Å²) in [7, 11) is 0. The number of hydrogen-bond acceptors (Lipinski definition) is 6. The molecule has 0 aromatic carbocycles. The third-order valence-corrected chi connectivity index (χ3v) is 11.6. The Morgan fingerprint density at radius 3 is 2.24 bits per heavy atom. The molecule has 7 heteroatoms. The maximum atomic E-state index is 14.1. The molecule has 4 aliphatic rings. The average Bonchev–Trinajstić information content (AvgIpc) is 2.99. The predicted molar refractivity (Wildman–Crippen MR) is 137 cm³/mol. The van der Waals surface area contributed by atoms with Gasteiger partial charge in [-0.3, -0.25) is 19.2 Å². The van der Waals surface area contributed by atoms with Crippen molar-refractivity contribution in [2.45, 2.75) is 106 Å². The van der Waals surface area contributed by atoms with Gasteiger partial charge in [0.25, 0.3) is 0 Å². The number of rotatable bonds is 6. The molecular formula is C30H44O7. The van der Waals surface area contributed by atoms with Crippen molar-refractivity contribution in [3.8, 4) is 0 Å². The van der Waals surface area contributed by atoms with E-state index in [1.54, 1.807) is 0 Å². The van der Waals surface area contributed by atoms with Crippen LogP contribution >= 0.6 is 0 Å². The fraction of sp³-hybridized carbons (Fsp3) is 0.800. The number of ketones is 3. The zero-order valence-electron chi connectivity index (χ0n) is 23.4. The van der Waals surface area contributed by atoms with Crippen molar-refractivity contribution in [2.24, 2.45) is 45.3 Å². The molecule has 0 radical (unpaired) electrons. The summed E-state index contributed by atoms with van der Waals surface area (Å²) in [6.45, 7) is 13.4. The van der Waals surface area contributed by atoms with Gasteiger partial charge in [-0.05, 0) is 65.8 Å². The van der Waals surface area contributed by atoms with E-state index in [9.17, 15) is 34.5 Å². The number of allylic oxidation sites excluding steroid dienone is 1. The standard InChI is InChI=1S/C30H44O7/c1-15(10-17(31)11-16(2)26(36)37)18-12-23(35)30(7)25-19(32)13-21-27(3,4)22(34)8-9-28(21,5)24(25)20(33)14-29(18,30)6/h15-16,18-19,21-22,32,34H,8-14H2,1-7H3,(H,36,37). The molecule has 9 atom stereocenters. The highest BCUT2D eigenvalue weighted by molar-refractivity contribution is 6.05. The quantitative estimate of drug-likeness (QED) is 0.484. The van der Waals surface area contributed by atoms with Gasteiger partial charge in [-0.25, -0.2) is 0 Å². The first-order valence-corrected chi connectivity index (χ1v) is 13.8. The first-order valence-electron chi connectivity index (χ1n) is 13.8. The van der Waals surface area contributed by atoms with E-state index >= 15 is 0 Å². The highest BCUT2D eigenvalue weighted by Crippen LogP contribution is 2.70. The smallest absolute Gasteiger partial charge is 0.306 e. The molecule has 0 aromatic rings. The van der Waals surface area contributed by atoms with Crippen molar-refractivity contribution >= 4 is 23.3 Å². The lowest BCUT2D eigenvalue weighted by Crippen LogP contribution is -2.60. The van der Waals surface area contributed by atoms with Gasteiger partial charge in [0.05, 0.1) is 23.5 Å². The summed E-state index contributed by atoms with van der Waals surface area (Å²) in [6.07, 6.45) is 0.671. The third kappa shape index (κ3) is 3.82. The molecular weight excluding hydrogens is 472 g/mol. The number of carbonyl (C=O) groups excluding carboxylic acids is 3. The Morgan fingerprint density at radius 1 is 1.03 bits per heavy atom. The number of hydrogen-bond donors (Lipinski definition) is 3. The molecule has 2 saturated carbocycles. The van der Waals surface area contributed by atoms with E-state index in [2.05, 4.69) is 6.92 Å². The SMILES string of the molecule is CC(CC(=O)CC(C)C1CC(=O)C2(C)C3=C(C(=O)CC12C)C1(C)CCC(O)C(C)(C)C1CC3O)C(=O)O. The minimum Gasteiger partial charge on any atom is -0.481 e. The Morgan fingerprint density at radius 2 is 1.65 bits per heavy atom. The second kappa shape index (κ2) is 8.84. The van der Waals surface area contributed by atoms with E-state index in [1.807, 2.05) is 34.6 Å². The van der Waals surface area contributed by atoms with Gasteiger partial charge in [-0.15, -0.1) is 0 Å². The van der Waals surface area contributed by atoms with Gasteiger partial charge in [0.2, 0.25) is 0 Å². The lowest BCUT2D eigenvalue weighted by atomic mass is 9.42. The van der Waals surface area contributed by atoms with Crippen LogP contribution in [0.3, 0.4) is 0 Å². The topological polar surface area (TPSA) is 129 Å². The lowest BCUT2D eigenvalue weighted by molar-refractivity contribution is -0.144. The molecule has 7 nitrogen and oxygen atoms in total. The Balaban J connectivity index is 1.74. The number of carboxylic acids is 1. The van der Waals surface area contributed by atoms with Crippen LogP contribution in [0.15, 0.2) is 11.1 Å². The summed E-state index contributed by atoms with van der Waals surface area (Å²) in [6, 6.07) is 0. The van der Waals surface area contributed by atoms with Crippen molar-refractivity contribution in [2.75, 3.05) is 0 Å². The van der Waals surface area contributed by atoms with E-state index < -0.39 is 45.8 Å². The van der Waals surface area contributed by atoms with Crippen molar-refractivity contribution in [1.82, 2.24) is 0 Å². The zero-order valence-corrected chi connectivity index (χ0v) is 23.4. The summed E-state index contributed by atoms with van der Waals surface area (Å²) < 4.78 is 0. The maximum Gasteiger partial charge on any atom is 0.306 e. The molecule has 4 rings (SSSR count). The predicted octanol–water partition coefficient (Wildman–Crippen LogP) is 4.13. The minimum absolute atomic E-state index is 0.00871. The van der Waals surface area contributed by atoms with Crippen molar-refractivity contribution < 1.29 is 34.5 Å². The number of carbonyl (C=O) groups is 4. The number of aliphatic hydroxyl groups excluding tert-OH is 2. The van der Waals surface area contributed by atoms with E-state index in [-0.39, 0.29) is 60.8 Å². The third-order valence-electron chi connectivity index (χ3n) is 11.6. The van der Waals surface area contributed by atoms with Crippen LogP contribution in [0, 0.1) is 45.3 Å². The molecule has 0 amide bonds. The molecule has 0 spiro atoms. The lowest BCUT2D eigenvalue weighted by Gasteiger charge is -2.61. The number of aliphatic hydroxyl groups is 2. The summed E-state index contributed by atoms with van der Waals surface area (Å²) in [4.78, 5) is 51.9. The molecule has 37 heavy (non-hydrogen) atoms. The van der Waals surface area contributed by atoms with Gasteiger partial charge < -0.3 is 15.3 Å². The first-order chi connectivity index (χ1) is 16.9. The molecule has 0 aromatic heterocycles. The Hall–Kier alpha value is -1.86. The summed E-state index contributed by atoms with van der Waals surface area (Å²) in [5, 5.41) is 31.6. The summed E-state index contributed by atoms with van der Waals surface area (Å²) >= 11 is 0. The zero-order chi connectivity index (χ0) is 27.9. The number of carboxylic acid groups (broad SMARTS) is 1. The molecule has 4 aliphatic carbocycles. The van der Waals surface area contributed by atoms with Crippen LogP contribution in [0.2, 0.25) is 0 Å². The van der Waals surface area contributed by atoms with Gasteiger partial charge in [-0.2, -0.15) is 0 Å². The van der Waals surface area contributed by atoms with Crippen LogP contribution in [0.25, 0.3) is 0 Å². The van der Waals surface area contributed by atoms with Gasteiger partial charge in [0.1, 0.15) is 11.6 Å². The summed E-state index contributed by atoms with van der Waals surface area (Å²) in [5.74, 6) is -2.45. The highest BCUT2D eigenvalue weighted by atomic mass is 16.4. The van der Waals surface area contributed by atoms with Crippen molar-refractivity contribution in [3.63, 3.8) is 0 Å². The minimum atomic E-state index is -1.01. The molecule has 206 valence electrons. The van der Waals surface area contributed by atoms with Crippen LogP contribution in [0.5, 0.6) is 0 Å². The molecule has 2 fully saturated rings. The molecule has 0 aliphatic heterocycles. The first kappa shape index (κ1) is 28.2.